The van der Waals surface area contributed by atoms with Crippen LogP contribution in [0.5, 0.6) is 0 Å². The maximum atomic E-state index is 12.3. The normalized spacial score (nSPS) is 17.4. The Balaban J connectivity index is 2.04. The van der Waals surface area contributed by atoms with Crippen molar-refractivity contribution in [2.75, 3.05) is 0 Å². The highest BCUT2D eigenvalue weighted by atomic mass is 32.2. The second kappa shape index (κ2) is 6.50. The van der Waals surface area contributed by atoms with Crippen LogP contribution in [-0.2, 0) is 21.2 Å². The molecule has 4 nitrogen and oxygen atoms in total. The Hall–Kier alpha value is -1.20. The maximum absolute atomic E-state index is 12.3. The molecule has 1 N–H and O–H groups in total. The van der Waals surface area contributed by atoms with Gasteiger partial charge in [0.25, 0.3) is 0 Å². The first-order chi connectivity index (χ1) is 9.51. The lowest BCUT2D eigenvalue weighted by Gasteiger charge is -2.22. The molecule has 0 spiro atoms. The first-order valence-corrected chi connectivity index (χ1v) is 8.62. The van der Waals surface area contributed by atoms with Gasteiger partial charge < -0.3 is 0 Å². The van der Waals surface area contributed by atoms with E-state index in [9.17, 15) is 13.2 Å². The van der Waals surface area contributed by atoms with Crippen LogP contribution in [-0.4, -0.2) is 20.2 Å². The number of nitrogens with one attached hydrogen (secondary N) is 1. The molecule has 0 bridgehead atoms. The van der Waals surface area contributed by atoms with Gasteiger partial charge in [0, 0.05) is 18.9 Å². The van der Waals surface area contributed by atoms with E-state index in [0.717, 1.165) is 18.4 Å². The van der Waals surface area contributed by atoms with Crippen LogP contribution in [0.4, 0.5) is 0 Å². The highest BCUT2D eigenvalue weighted by Crippen LogP contribution is 2.18. The number of rotatable bonds is 5. The minimum atomic E-state index is -3.47. The average molecular weight is 295 g/mol. The van der Waals surface area contributed by atoms with E-state index in [0.29, 0.717) is 30.6 Å². The van der Waals surface area contributed by atoms with Gasteiger partial charge in [-0.1, -0.05) is 25.5 Å². The lowest BCUT2D eigenvalue weighted by molar-refractivity contribution is -0.120. The van der Waals surface area contributed by atoms with Crippen molar-refractivity contribution in [2.24, 2.45) is 0 Å². The number of hydrogen-bond donors (Lipinski definition) is 1. The average Bonchev–Trinajstić information content (AvgIpc) is 2.42. The minimum Gasteiger partial charge on any atom is -0.300 e. The van der Waals surface area contributed by atoms with E-state index in [-0.39, 0.29) is 11.8 Å². The van der Waals surface area contributed by atoms with Gasteiger partial charge in [0.15, 0.2) is 0 Å². The molecule has 1 aromatic rings. The van der Waals surface area contributed by atoms with Crippen LogP contribution < -0.4 is 4.72 Å². The van der Waals surface area contributed by atoms with Gasteiger partial charge in [-0.3, -0.25) is 4.79 Å². The molecule has 1 aliphatic carbocycles. The zero-order valence-corrected chi connectivity index (χ0v) is 12.6. The largest absolute Gasteiger partial charge is 0.300 e. The molecule has 0 heterocycles. The first kappa shape index (κ1) is 15.2. The molecule has 20 heavy (non-hydrogen) atoms. The van der Waals surface area contributed by atoms with Gasteiger partial charge >= 0.3 is 0 Å². The summed E-state index contributed by atoms with van der Waals surface area (Å²) < 4.78 is 27.2. The number of sulfonamides is 1. The third kappa shape index (κ3) is 3.90. The summed E-state index contributed by atoms with van der Waals surface area (Å²) in [5.74, 6) is 0.226. The van der Waals surface area contributed by atoms with E-state index in [1.54, 1.807) is 12.1 Å². The van der Waals surface area contributed by atoms with Crippen molar-refractivity contribution in [1.82, 2.24) is 4.72 Å². The molecule has 1 aromatic carbocycles. The summed E-state index contributed by atoms with van der Waals surface area (Å²) in [6, 6.07) is 6.92. The summed E-state index contributed by atoms with van der Waals surface area (Å²) in [5.41, 5.74) is 1.15. The summed E-state index contributed by atoms with van der Waals surface area (Å²) in [4.78, 5) is 11.5. The summed E-state index contributed by atoms with van der Waals surface area (Å²) in [6.07, 6.45) is 4.15. The van der Waals surface area contributed by atoms with Crippen LogP contribution in [0.3, 0.4) is 0 Å². The molecule has 0 aromatic heterocycles. The Kier molecular flexibility index (Phi) is 4.94. The van der Waals surface area contributed by atoms with Crippen molar-refractivity contribution >= 4 is 15.8 Å². The zero-order chi connectivity index (χ0) is 14.6. The molecule has 0 amide bonds. The van der Waals surface area contributed by atoms with Crippen molar-refractivity contribution in [1.29, 1.82) is 0 Å². The monoisotopic (exact) mass is 295 g/mol. The fraction of sp³-hybridized carbons (Fsp3) is 0.533. The van der Waals surface area contributed by atoms with Crippen LogP contribution in [0, 0.1) is 0 Å². The van der Waals surface area contributed by atoms with E-state index < -0.39 is 10.0 Å². The molecule has 0 unspecified atom stereocenters. The van der Waals surface area contributed by atoms with Crippen LogP contribution in [0.1, 0.15) is 44.6 Å². The molecule has 1 aliphatic rings. The first-order valence-electron chi connectivity index (χ1n) is 7.14. The van der Waals surface area contributed by atoms with E-state index in [2.05, 4.69) is 11.6 Å². The van der Waals surface area contributed by atoms with E-state index in [1.807, 2.05) is 12.1 Å². The molecule has 0 aliphatic heterocycles. The van der Waals surface area contributed by atoms with Gasteiger partial charge in [0.1, 0.15) is 5.78 Å². The lowest BCUT2D eigenvalue weighted by Crippen LogP contribution is -2.37. The molecular weight excluding hydrogens is 274 g/mol. The van der Waals surface area contributed by atoms with Crippen molar-refractivity contribution < 1.29 is 13.2 Å². The Morgan fingerprint density at radius 3 is 2.30 bits per heavy atom. The van der Waals surface area contributed by atoms with Crippen molar-refractivity contribution in [3.05, 3.63) is 29.8 Å². The summed E-state index contributed by atoms with van der Waals surface area (Å²) in [5, 5.41) is 0. The summed E-state index contributed by atoms with van der Waals surface area (Å²) >= 11 is 0. The highest BCUT2D eigenvalue weighted by Gasteiger charge is 2.24. The smallest absolute Gasteiger partial charge is 0.240 e. The third-order valence-electron chi connectivity index (χ3n) is 3.64. The number of carbonyl (C=O) groups excluding carboxylic acids is 1. The Morgan fingerprint density at radius 1 is 1.15 bits per heavy atom. The standard InChI is InChI=1S/C15H21NO3S/c1-2-3-12-4-10-15(11-5-12)20(18,19)16-13-6-8-14(17)9-7-13/h4-5,10-11,13,16H,2-3,6-9H2,1H3. The maximum Gasteiger partial charge on any atom is 0.240 e. The van der Waals surface area contributed by atoms with Crippen molar-refractivity contribution in [2.45, 2.75) is 56.4 Å². The highest BCUT2D eigenvalue weighted by molar-refractivity contribution is 7.89. The predicted octanol–water partition coefficient (Wildman–Crippen LogP) is 2.43. The van der Waals surface area contributed by atoms with E-state index >= 15 is 0 Å². The summed E-state index contributed by atoms with van der Waals surface area (Å²) in [6.45, 7) is 2.09. The Labute approximate surface area is 120 Å². The van der Waals surface area contributed by atoms with Crippen LogP contribution >= 0.6 is 0 Å². The third-order valence-corrected chi connectivity index (χ3v) is 5.17. The van der Waals surface area contributed by atoms with Gasteiger partial charge in [0.05, 0.1) is 4.90 Å². The molecule has 0 saturated heterocycles. The van der Waals surface area contributed by atoms with Crippen LogP contribution in [0.25, 0.3) is 0 Å². The number of Topliss-reactive ketones (excluding diaryl/α,β-unsaturated/α-hetero) is 1. The molecule has 2 rings (SSSR count). The lowest BCUT2D eigenvalue weighted by atomic mass is 9.95. The molecule has 1 fully saturated rings. The second-order valence-corrected chi connectivity index (χ2v) is 7.04. The fourth-order valence-electron chi connectivity index (χ4n) is 2.47. The van der Waals surface area contributed by atoms with Crippen LogP contribution in [0.15, 0.2) is 29.2 Å². The summed E-state index contributed by atoms with van der Waals surface area (Å²) in [7, 11) is -3.47. The number of carbonyl (C=O) groups is 1. The van der Waals surface area contributed by atoms with Crippen molar-refractivity contribution in [3.63, 3.8) is 0 Å². The van der Waals surface area contributed by atoms with Gasteiger partial charge in [0.2, 0.25) is 10.0 Å². The quantitative estimate of drug-likeness (QED) is 0.907. The molecule has 5 heteroatoms. The zero-order valence-electron chi connectivity index (χ0n) is 11.8. The predicted molar refractivity (Wildman–Crippen MR) is 78.0 cm³/mol. The van der Waals surface area contributed by atoms with E-state index in [1.165, 1.54) is 0 Å². The number of benzene rings is 1. The SMILES string of the molecule is CCCc1ccc(S(=O)(=O)NC2CCC(=O)CC2)cc1. The van der Waals surface area contributed by atoms with Gasteiger partial charge in [-0.15, -0.1) is 0 Å². The molecule has 0 radical (unpaired) electrons. The topological polar surface area (TPSA) is 63.2 Å². The molecule has 0 atom stereocenters. The van der Waals surface area contributed by atoms with Gasteiger partial charge in [-0.2, -0.15) is 0 Å². The van der Waals surface area contributed by atoms with Gasteiger partial charge in [-0.25, -0.2) is 13.1 Å². The van der Waals surface area contributed by atoms with Gasteiger partial charge in [-0.05, 0) is 37.0 Å². The molecule has 1 saturated carbocycles. The molecular formula is C15H21NO3S. The number of aryl methyl sites for hydroxylation is 1. The molecule has 110 valence electrons. The van der Waals surface area contributed by atoms with Crippen molar-refractivity contribution in [3.8, 4) is 0 Å². The van der Waals surface area contributed by atoms with E-state index in [4.69, 9.17) is 0 Å². The fourth-order valence-corrected chi connectivity index (χ4v) is 3.77. The second-order valence-electron chi connectivity index (χ2n) is 5.33. The number of ketones is 1. The Bertz CT molecular complexity index is 553. The van der Waals surface area contributed by atoms with Crippen LogP contribution in [0.2, 0.25) is 0 Å². The minimum absolute atomic E-state index is 0.118. The Morgan fingerprint density at radius 2 is 1.75 bits per heavy atom. The number of hydrogen-bond acceptors (Lipinski definition) is 3.